The molecular formula is C21H25NO6. The molecule has 0 aromatic heterocycles. The smallest absolute Gasteiger partial charge is 0.269 e. The summed E-state index contributed by atoms with van der Waals surface area (Å²) >= 11 is 0. The van der Waals surface area contributed by atoms with Gasteiger partial charge in [0, 0.05) is 18.7 Å². The van der Waals surface area contributed by atoms with E-state index in [9.17, 15) is 10.1 Å². The molecule has 2 aromatic rings. The topological polar surface area (TPSA) is 102 Å². The van der Waals surface area contributed by atoms with Gasteiger partial charge < -0.3 is 19.7 Å². The van der Waals surface area contributed by atoms with Crippen LogP contribution in [0.15, 0.2) is 48.5 Å². The van der Waals surface area contributed by atoms with Crippen LogP contribution in [0.5, 0.6) is 5.75 Å². The third-order valence-corrected chi connectivity index (χ3v) is 4.02. The number of ether oxygens (including phenoxy) is 2. The first-order valence-electron chi connectivity index (χ1n) is 9.11. The standard InChI is InChI=1S/C21H25NO6/c23-15-21(16-24)28-14-2-1-13-27-20-11-7-18(8-12-20)4-3-17-5-9-19(10-6-17)22(25)26/h3-12,21,23-24H,1-2,13-16H2/b4-3+. The second kappa shape index (κ2) is 11.9. The molecule has 0 atom stereocenters. The summed E-state index contributed by atoms with van der Waals surface area (Å²) in [4.78, 5) is 10.2. The third kappa shape index (κ3) is 7.48. The maximum Gasteiger partial charge on any atom is 0.269 e. The number of aliphatic hydroxyl groups excluding tert-OH is 2. The van der Waals surface area contributed by atoms with Crippen molar-refractivity contribution in [2.24, 2.45) is 0 Å². The molecule has 0 spiro atoms. The number of hydrogen-bond donors (Lipinski definition) is 2. The molecule has 0 radical (unpaired) electrons. The number of hydrogen-bond acceptors (Lipinski definition) is 6. The molecule has 0 aliphatic rings. The van der Waals surface area contributed by atoms with Gasteiger partial charge in [-0.1, -0.05) is 24.3 Å². The predicted octanol–water partition coefficient (Wildman–Crippen LogP) is 3.29. The fraction of sp³-hybridized carbons (Fsp3) is 0.333. The molecule has 0 aliphatic heterocycles. The van der Waals surface area contributed by atoms with Gasteiger partial charge in [0.1, 0.15) is 11.9 Å². The van der Waals surface area contributed by atoms with Crippen LogP contribution in [-0.2, 0) is 4.74 Å². The minimum atomic E-state index is -0.507. The minimum absolute atomic E-state index is 0.0758. The molecule has 0 aliphatic carbocycles. The molecule has 0 amide bonds. The average molecular weight is 387 g/mol. The van der Waals surface area contributed by atoms with Crippen molar-refractivity contribution in [1.29, 1.82) is 0 Å². The highest BCUT2D eigenvalue weighted by Gasteiger charge is 2.05. The molecule has 0 saturated heterocycles. The fourth-order valence-corrected chi connectivity index (χ4v) is 2.38. The van der Waals surface area contributed by atoms with E-state index < -0.39 is 11.0 Å². The summed E-state index contributed by atoms with van der Waals surface area (Å²) in [5.74, 6) is 0.775. The van der Waals surface area contributed by atoms with Crippen molar-refractivity contribution < 1.29 is 24.6 Å². The molecule has 7 heteroatoms. The second-order valence-corrected chi connectivity index (χ2v) is 6.16. The highest BCUT2D eigenvalue weighted by molar-refractivity contribution is 5.70. The first-order chi connectivity index (χ1) is 13.6. The number of rotatable bonds is 12. The summed E-state index contributed by atoms with van der Waals surface area (Å²) < 4.78 is 11.0. The molecule has 150 valence electrons. The third-order valence-electron chi connectivity index (χ3n) is 4.02. The van der Waals surface area contributed by atoms with Crippen LogP contribution in [0.25, 0.3) is 12.2 Å². The minimum Gasteiger partial charge on any atom is -0.494 e. The van der Waals surface area contributed by atoms with Gasteiger partial charge in [0.2, 0.25) is 0 Å². The van der Waals surface area contributed by atoms with Crippen molar-refractivity contribution >= 4 is 17.8 Å². The Labute approximate surface area is 164 Å². The fourth-order valence-electron chi connectivity index (χ4n) is 2.38. The van der Waals surface area contributed by atoms with E-state index in [0.717, 1.165) is 29.7 Å². The van der Waals surface area contributed by atoms with E-state index in [2.05, 4.69) is 0 Å². The lowest BCUT2D eigenvalue weighted by atomic mass is 10.1. The average Bonchev–Trinajstić information content (AvgIpc) is 2.73. The SMILES string of the molecule is O=[N+]([O-])c1ccc(/C=C/c2ccc(OCCCCOC(CO)CO)cc2)cc1. The van der Waals surface area contributed by atoms with Gasteiger partial charge in [0.15, 0.2) is 0 Å². The van der Waals surface area contributed by atoms with Crippen LogP contribution in [0.4, 0.5) is 5.69 Å². The number of unbranched alkanes of at least 4 members (excludes halogenated alkanes) is 1. The summed E-state index contributed by atoms with van der Waals surface area (Å²) in [6, 6.07) is 14.0. The molecule has 0 saturated carbocycles. The van der Waals surface area contributed by atoms with Gasteiger partial charge in [-0.2, -0.15) is 0 Å². The summed E-state index contributed by atoms with van der Waals surface area (Å²) in [5, 5.41) is 28.4. The van der Waals surface area contributed by atoms with E-state index in [4.69, 9.17) is 19.7 Å². The lowest BCUT2D eigenvalue weighted by Crippen LogP contribution is -2.22. The van der Waals surface area contributed by atoms with Crippen LogP contribution >= 0.6 is 0 Å². The molecule has 2 aromatic carbocycles. The van der Waals surface area contributed by atoms with Crippen LogP contribution < -0.4 is 4.74 Å². The Morgan fingerprint density at radius 1 is 0.893 bits per heavy atom. The molecule has 2 rings (SSSR count). The lowest BCUT2D eigenvalue weighted by Gasteiger charge is -2.12. The molecule has 2 N–H and O–H groups in total. The van der Waals surface area contributed by atoms with Crippen molar-refractivity contribution in [3.8, 4) is 5.75 Å². The second-order valence-electron chi connectivity index (χ2n) is 6.16. The van der Waals surface area contributed by atoms with Crippen molar-refractivity contribution in [1.82, 2.24) is 0 Å². The molecule has 28 heavy (non-hydrogen) atoms. The number of non-ortho nitro benzene ring substituents is 1. The van der Waals surface area contributed by atoms with E-state index in [1.807, 2.05) is 36.4 Å². The van der Waals surface area contributed by atoms with Crippen LogP contribution in [0, 0.1) is 10.1 Å². The summed E-state index contributed by atoms with van der Waals surface area (Å²) in [6.45, 7) is 0.668. The monoisotopic (exact) mass is 387 g/mol. The quantitative estimate of drug-likeness (QED) is 0.251. The Morgan fingerprint density at radius 3 is 1.96 bits per heavy atom. The number of nitro benzene ring substituents is 1. The van der Waals surface area contributed by atoms with E-state index in [-0.39, 0.29) is 18.9 Å². The summed E-state index contributed by atoms with van der Waals surface area (Å²) in [5.41, 5.74) is 1.96. The highest BCUT2D eigenvalue weighted by Crippen LogP contribution is 2.17. The van der Waals surface area contributed by atoms with Crippen LogP contribution in [-0.4, -0.2) is 47.7 Å². The largest absolute Gasteiger partial charge is 0.494 e. The predicted molar refractivity (Wildman–Crippen MR) is 107 cm³/mol. The van der Waals surface area contributed by atoms with E-state index in [0.29, 0.717) is 13.2 Å². The number of aliphatic hydroxyl groups is 2. The van der Waals surface area contributed by atoms with Gasteiger partial charge in [-0.05, 0) is 48.2 Å². The van der Waals surface area contributed by atoms with Crippen molar-refractivity contribution in [3.63, 3.8) is 0 Å². The van der Waals surface area contributed by atoms with E-state index in [1.54, 1.807) is 12.1 Å². The van der Waals surface area contributed by atoms with Crippen LogP contribution in [0.3, 0.4) is 0 Å². The number of nitrogens with zero attached hydrogens (tertiary/aromatic N) is 1. The van der Waals surface area contributed by atoms with Gasteiger partial charge in [0.25, 0.3) is 5.69 Å². The Kier molecular flexibility index (Phi) is 9.14. The van der Waals surface area contributed by atoms with Crippen LogP contribution in [0.2, 0.25) is 0 Å². The Morgan fingerprint density at radius 2 is 1.43 bits per heavy atom. The maximum atomic E-state index is 10.7. The van der Waals surface area contributed by atoms with Crippen molar-refractivity contribution in [2.75, 3.05) is 26.4 Å². The molecule has 0 unspecified atom stereocenters. The Bertz CT molecular complexity index is 738. The van der Waals surface area contributed by atoms with E-state index >= 15 is 0 Å². The number of benzene rings is 2. The van der Waals surface area contributed by atoms with Gasteiger partial charge in [0.05, 0.1) is 24.7 Å². The zero-order valence-corrected chi connectivity index (χ0v) is 15.6. The molecule has 0 fully saturated rings. The number of nitro groups is 1. The van der Waals surface area contributed by atoms with Gasteiger partial charge >= 0.3 is 0 Å². The highest BCUT2D eigenvalue weighted by atomic mass is 16.6. The molecule has 0 bridgehead atoms. The Hall–Kier alpha value is -2.74. The molecule has 7 nitrogen and oxygen atoms in total. The van der Waals surface area contributed by atoms with Gasteiger partial charge in [-0.25, -0.2) is 0 Å². The Balaban J connectivity index is 1.71. The van der Waals surface area contributed by atoms with Gasteiger partial charge in [-0.15, -0.1) is 0 Å². The maximum absolute atomic E-state index is 10.7. The summed E-state index contributed by atoms with van der Waals surface area (Å²) in [6.07, 6.45) is 4.91. The zero-order chi connectivity index (χ0) is 20.2. The molecular weight excluding hydrogens is 362 g/mol. The first-order valence-corrected chi connectivity index (χ1v) is 9.11. The van der Waals surface area contributed by atoms with Crippen LogP contribution in [0.1, 0.15) is 24.0 Å². The lowest BCUT2D eigenvalue weighted by molar-refractivity contribution is -0.384. The van der Waals surface area contributed by atoms with Crippen molar-refractivity contribution in [2.45, 2.75) is 18.9 Å². The normalized spacial score (nSPS) is 11.2. The van der Waals surface area contributed by atoms with Gasteiger partial charge in [-0.3, -0.25) is 10.1 Å². The zero-order valence-electron chi connectivity index (χ0n) is 15.6. The first kappa shape index (κ1) is 21.6. The molecule has 0 heterocycles. The summed E-state index contributed by atoms with van der Waals surface area (Å²) in [7, 11) is 0. The van der Waals surface area contributed by atoms with Crippen molar-refractivity contribution in [3.05, 3.63) is 69.8 Å². The van der Waals surface area contributed by atoms with E-state index in [1.165, 1.54) is 12.1 Å².